The van der Waals surface area contributed by atoms with Crippen LogP contribution in [0.25, 0.3) is 11.1 Å². The minimum absolute atomic E-state index is 0.425. The smallest absolute Gasteiger partial charge is 0.131 e. The highest BCUT2D eigenvalue weighted by atomic mass is 16.5. The van der Waals surface area contributed by atoms with Gasteiger partial charge in [-0.3, -0.25) is 4.98 Å². The monoisotopic (exact) mass is 486 g/mol. The minimum atomic E-state index is 0.425. The van der Waals surface area contributed by atoms with Gasteiger partial charge in [-0.25, -0.2) is 4.98 Å². The third-order valence-electron chi connectivity index (χ3n) is 5.78. The van der Waals surface area contributed by atoms with E-state index in [0.717, 1.165) is 94.0 Å². The molecule has 0 radical (unpaired) electrons. The number of nitrogens with zero attached hydrogens (tertiary/aromatic N) is 4. The third-order valence-corrected chi connectivity index (χ3v) is 5.78. The zero-order valence-electron chi connectivity index (χ0n) is 21.8. The quantitative estimate of drug-likeness (QED) is 0.672. The summed E-state index contributed by atoms with van der Waals surface area (Å²) in [7, 11) is 0. The highest BCUT2D eigenvalue weighted by molar-refractivity contribution is 5.74. The molecule has 2 saturated heterocycles. The number of anilines is 3. The number of morpholine rings is 2. The number of carbonyl (C=O) groups is 1. The van der Waals surface area contributed by atoms with Crippen LogP contribution in [-0.4, -0.2) is 75.9 Å². The maximum Gasteiger partial charge on any atom is 0.131 e. The van der Waals surface area contributed by atoms with E-state index in [-0.39, 0.29) is 0 Å². The summed E-state index contributed by atoms with van der Waals surface area (Å²) < 4.78 is 11.0. The maximum absolute atomic E-state index is 8.00. The van der Waals surface area contributed by atoms with Gasteiger partial charge in [-0.15, -0.1) is 0 Å². The molecule has 2 fully saturated rings. The molecular formula is C26H42N6O3. The van der Waals surface area contributed by atoms with Crippen molar-refractivity contribution >= 4 is 24.1 Å². The SMILES string of the molecule is C=O.CC(C)(C)CCN.Cc1ncc(N)cc1-c1cc(N2CCOCC2)nc(N2CCOCC2)c1. The largest absolute Gasteiger partial charge is 0.397 e. The highest BCUT2D eigenvalue weighted by Crippen LogP contribution is 2.31. The summed E-state index contributed by atoms with van der Waals surface area (Å²) in [5.74, 6) is 1.96. The van der Waals surface area contributed by atoms with Crippen LogP contribution in [0.1, 0.15) is 32.9 Å². The zero-order chi connectivity index (χ0) is 25.8. The Morgan fingerprint density at radius 3 is 1.83 bits per heavy atom. The molecule has 2 aromatic heterocycles. The molecular weight excluding hydrogens is 444 g/mol. The molecule has 0 spiro atoms. The van der Waals surface area contributed by atoms with Crippen LogP contribution < -0.4 is 21.3 Å². The molecule has 0 amide bonds. The lowest BCUT2D eigenvalue weighted by Crippen LogP contribution is -2.39. The molecule has 9 nitrogen and oxygen atoms in total. The second-order valence-corrected chi connectivity index (χ2v) is 9.77. The van der Waals surface area contributed by atoms with Crippen molar-refractivity contribution < 1.29 is 14.3 Å². The van der Waals surface area contributed by atoms with E-state index in [2.05, 4.69) is 47.7 Å². The van der Waals surface area contributed by atoms with Gasteiger partial charge in [-0.2, -0.15) is 0 Å². The minimum Gasteiger partial charge on any atom is -0.397 e. The van der Waals surface area contributed by atoms with Crippen molar-refractivity contribution in [2.24, 2.45) is 11.1 Å². The molecule has 4 rings (SSSR count). The van der Waals surface area contributed by atoms with E-state index in [4.69, 9.17) is 30.7 Å². The number of hydrogen-bond acceptors (Lipinski definition) is 9. The first kappa shape index (κ1) is 28.5. The number of hydrogen-bond donors (Lipinski definition) is 2. The summed E-state index contributed by atoms with van der Waals surface area (Å²) in [6, 6.07) is 6.27. The average molecular weight is 487 g/mol. The number of aromatic nitrogens is 2. The number of nitrogen functional groups attached to an aromatic ring is 1. The Morgan fingerprint density at radius 2 is 1.43 bits per heavy atom. The van der Waals surface area contributed by atoms with Gasteiger partial charge in [-0.05, 0) is 49.1 Å². The molecule has 4 N–H and O–H groups in total. The topological polar surface area (TPSA) is 120 Å². The van der Waals surface area contributed by atoms with Gasteiger partial charge in [0.2, 0.25) is 0 Å². The van der Waals surface area contributed by atoms with Crippen molar-refractivity contribution in [1.29, 1.82) is 0 Å². The molecule has 35 heavy (non-hydrogen) atoms. The Morgan fingerprint density at radius 1 is 0.943 bits per heavy atom. The van der Waals surface area contributed by atoms with Crippen LogP contribution in [0.5, 0.6) is 0 Å². The summed E-state index contributed by atoms with van der Waals surface area (Å²) in [5, 5.41) is 0. The molecule has 4 heterocycles. The first-order chi connectivity index (χ1) is 16.8. The summed E-state index contributed by atoms with van der Waals surface area (Å²) >= 11 is 0. The zero-order valence-corrected chi connectivity index (χ0v) is 21.8. The van der Waals surface area contributed by atoms with Crippen molar-refractivity contribution in [3.05, 3.63) is 30.1 Å². The predicted molar refractivity (Wildman–Crippen MR) is 143 cm³/mol. The van der Waals surface area contributed by atoms with Crippen LogP contribution in [0.4, 0.5) is 17.3 Å². The normalized spacial score (nSPS) is 16.0. The Bertz CT molecular complexity index is 870. The molecule has 0 bridgehead atoms. The van der Waals surface area contributed by atoms with E-state index in [1.54, 1.807) is 6.20 Å². The molecule has 2 aliphatic rings. The predicted octanol–water partition coefficient (Wildman–Crippen LogP) is 2.90. The van der Waals surface area contributed by atoms with Crippen LogP contribution in [0.2, 0.25) is 0 Å². The van der Waals surface area contributed by atoms with Gasteiger partial charge < -0.3 is 35.5 Å². The number of nitrogens with two attached hydrogens (primary N) is 2. The Labute approximate surface area is 209 Å². The molecule has 194 valence electrons. The van der Waals surface area contributed by atoms with Gasteiger partial charge in [0.05, 0.1) is 38.3 Å². The lowest BCUT2D eigenvalue weighted by molar-refractivity contribution is -0.0980. The standard InChI is InChI=1S/C19H25N5O2.C6H15N.CH2O/c1-14-17(12-16(20)13-21-14)15-10-18(23-2-6-25-7-3-23)22-19(11-15)24-4-8-26-9-5-24;1-6(2,3)4-5-7;1-2/h10-13H,2-9,20H2,1H3;4-5,7H2,1-3H3;1H2. The van der Waals surface area contributed by atoms with E-state index < -0.39 is 0 Å². The molecule has 0 saturated carbocycles. The second kappa shape index (κ2) is 14.0. The van der Waals surface area contributed by atoms with Crippen molar-refractivity contribution in [1.82, 2.24) is 9.97 Å². The van der Waals surface area contributed by atoms with Gasteiger partial charge in [0.25, 0.3) is 0 Å². The van der Waals surface area contributed by atoms with Crippen molar-refractivity contribution in [3.63, 3.8) is 0 Å². The fourth-order valence-corrected chi connectivity index (χ4v) is 3.84. The molecule has 2 aliphatic heterocycles. The summed E-state index contributed by atoms with van der Waals surface area (Å²) in [6.07, 6.45) is 2.82. The van der Waals surface area contributed by atoms with Crippen LogP contribution >= 0.6 is 0 Å². The number of rotatable bonds is 4. The molecule has 0 atom stereocenters. The maximum atomic E-state index is 8.00. The fourth-order valence-electron chi connectivity index (χ4n) is 3.84. The molecule has 0 aliphatic carbocycles. The number of ether oxygens (including phenoxy) is 2. The molecule has 0 unspecified atom stereocenters. The fraction of sp³-hybridized carbons (Fsp3) is 0.577. The lowest BCUT2D eigenvalue weighted by atomic mass is 9.93. The van der Waals surface area contributed by atoms with E-state index in [0.29, 0.717) is 11.1 Å². The summed E-state index contributed by atoms with van der Waals surface area (Å²) in [6.45, 7) is 17.8. The van der Waals surface area contributed by atoms with Gasteiger partial charge >= 0.3 is 0 Å². The van der Waals surface area contributed by atoms with Gasteiger partial charge in [0.1, 0.15) is 18.4 Å². The first-order valence-electron chi connectivity index (χ1n) is 12.2. The van der Waals surface area contributed by atoms with Crippen molar-refractivity contribution in [2.75, 3.05) is 74.7 Å². The van der Waals surface area contributed by atoms with E-state index >= 15 is 0 Å². The van der Waals surface area contributed by atoms with E-state index in [1.165, 1.54) is 0 Å². The molecule has 9 heteroatoms. The van der Waals surface area contributed by atoms with Crippen LogP contribution in [0, 0.1) is 12.3 Å². The molecule has 0 aromatic carbocycles. The van der Waals surface area contributed by atoms with Crippen LogP contribution in [0.3, 0.4) is 0 Å². The number of aryl methyl sites for hydroxylation is 1. The van der Waals surface area contributed by atoms with Gasteiger partial charge in [0, 0.05) is 37.4 Å². The van der Waals surface area contributed by atoms with Crippen LogP contribution in [-0.2, 0) is 14.3 Å². The second-order valence-electron chi connectivity index (χ2n) is 9.77. The van der Waals surface area contributed by atoms with Crippen molar-refractivity contribution in [2.45, 2.75) is 34.1 Å². The molecule has 2 aromatic rings. The summed E-state index contributed by atoms with van der Waals surface area (Å²) in [4.78, 5) is 21.9. The van der Waals surface area contributed by atoms with E-state index in [1.807, 2.05) is 19.8 Å². The third kappa shape index (κ3) is 9.08. The Hall–Kier alpha value is -2.75. The van der Waals surface area contributed by atoms with Crippen LogP contribution in [0.15, 0.2) is 24.4 Å². The first-order valence-corrected chi connectivity index (χ1v) is 12.2. The number of carbonyl (C=O) groups excluding carboxylic acids is 1. The van der Waals surface area contributed by atoms with Gasteiger partial charge in [-0.1, -0.05) is 20.8 Å². The van der Waals surface area contributed by atoms with Crippen molar-refractivity contribution in [3.8, 4) is 11.1 Å². The highest BCUT2D eigenvalue weighted by Gasteiger charge is 2.19. The average Bonchev–Trinajstić information content (AvgIpc) is 2.87. The van der Waals surface area contributed by atoms with E-state index in [9.17, 15) is 0 Å². The Kier molecular flexibility index (Phi) is 11.4. The lowest BCUT2D eigenvalue weighted by Gasteiger charge is -2.32. The summed E-state index contributed by atoms with van der Waals surface area (Å²) in [5.41, 5.74) is 15.5. The van der Waals surface area contributed by atoms with Gasteiger partial charge in [0.15, 0.2) is 0 Å². The number of pyridine rings is 2. The Balaban J connectivity index is 0.000000416.